The lowest BCUT2D eigenvalue weighted by Crippen LogP contribution is -2.24. The zero-order chi connectivity index (χ0) is 13.1. The molecule has 2 rings (SSSR count). The summed E-state index contributed by atoms with van der Waals surface area (Å²) in [6.07, 6.45) is 1.00. The standard InChI is InChI=1S/C14H18N2OS/c1-9(2)5-6-16-14(17)13-8-10-7-11(15)3-4-12(10)18-13/h3-4,7-9H,5-6,15H2,1-2H3,(H,16,17). The van der Waals surface area contributed by atoms with Gasteiger partial charge in [0.05, 0.1) is 4.88 Å². The number of hydrogen-bond acceptors (Lipinski definition) is 3. The zero-order valence-corrected chi connectivity index (χ0v) is 11.5. The van der Waals surface area contributed by atoms with Gasteiger partial charge in [-0.3, -0.25) is 4.79 Å². The molecule has 2 aromatic rings. The largest absolute Gasteiger partial charge is 0.399 e. The third-order valence-electron chi connectivity index (χ3n) is 2.77. The van der Waals surface area contributed by atoms with Crippen LogP contribution in [0.2, 0.25) is 0 Å². The van der Waals surface area contributed by atoms with Crippen LogP contribution in [0.1, 0.15) is 29.9 Å². The molecule has 3 nitrogen and oxygen atoms in total. The van der Waals surface area contributed by atoms with Gasteiger partial charge in [0.15, 0.2) is 0 Å². The van der Waals surface area contributed by atoms with Gasteiger partial charge in [0, 0.05) is 16.9 Å². The smallest absolute Gasteiger partial charge is 0.261 e. The molecule has 96 valence electrons. The van der Waals surface area contributed by atoms with Gasteiger partial charge in [0.1, 0.15) is 0 Å². The summed E-state index contributed by atoms with van der Waals surface area (Å²) in [6.45, 7) is 5.02. The number of carbonyl (C=O) groups is 1. The van der Waals surface area contributed by atoms with Crippen LogP contribution in [0.15, 0.2) is 24.3 Å². The first kappa shape index (κ1) is 12.9. The summed E-state index contributed by atoms with van der Waals surface area (Å²) < 4.78 is 1.10. The number of thiophene rings is 1. The molecule has 1 aromatic heterocycles. The molecule has 0 saturated carbocycles. The van der Waals surface area contributed by atoms with E-state index in [-0.39, 0.29) is 5.91 Å². The first-order valence-corrected chi connectivity index (χ1v) is 6.95. The number of anilines is 1. The highest BCUT2D eigenvalue weighted by molar-refractivity contribution is 7.20. The Hall–Kier alpha value is -1.55. The molecule has 0 unspecified atom stereocenters. The van der Waals surface area contributed by atoms with E-state index in [0.29, 0.717) is 5.92 Å². The van der Waals surface area contributed by atoms with Crippen LogP contribution in [0.25, 0.3) is 10.1 Å². The summed E-state index contributed by atoms with van der Waals surface area (Å²) in [5, 5.41) is 3.98. The summed E-state index contributed by atoms with van der Waals surface area (Å²) in [4.78, 5) is 12.7. The molecule has 0 atom stereocenters. The van der Waals surface area contributed by atoms with Crippen molar-refractivity contribution in [2.45, 2.75) is 20.3 Å². The Balaban J connectivity index is 2.08. The molecule has 0 aliphatic rings. The molecular formula is C14H18N2OS. The van der Waals surface area contributed by atoms with Gasteiger partial charge in [-0.15, -0.1) is 11.3 Å². The lowest BCUT2D eigenvalue weighted by molar-refractivity contribution is 0.0956. The van der Waals surface area contributed by atoms with E-state index in [1.807, 2.05) is 24.3 Å². The van der Waals surface area contributed by atoms with E-state index in [1.54, 1.807) is 0 Å². The Morgan fingerprint density at radius 1 is 1.39 bits per heavy atom. The minimum atomic E-state index is 0.00965. The third kappa shape index (κ3) is 3.01. The minimum Gasteiger partial charge on any atom is -0.399 e. The minimum absolute atomic E-state index is 0.00965. The van der Waals surface area contributed by atoms with E-state index >= 15 is 0 Å². The Morgan fingerprint density at radius 3 is 2.89 bits per heavy atom. The summed E-state index contributed by atoms with van der Waals surface area (Å²) in [7, 11) is 0. The number of carbonyl (C=O) groups excluding carboxylic acids is 1. The van der Waals surface area contributed by atoms with E-state index in [2.05, 4.69) is 19.2 Å². The molecule has 4 heteroatoms. The quantitative estimate of drug-likeness (QED) is 0.831. The van der Waals surface area contributed by atoms with Crippen molar-refractivity contribution in [3.05, 3.63) is 29.1 Å². The van der Waals surface area contributed by atoms with Crippen molar-refractivity contribution in [2.75, 3.05) is 12.3 Å². The molecule has 0 aliphatic carbocycles. The molecule has 0 saturated heterocycles. The van der Waals surface area contributed by atoms with Gasteiger partial charge in [-0.25, -0.2) is 0 Å². The number of benzene rings is 1. The highest BCUT2D eigenvalue weighted by Crippen LogP contribution is 2.27. The molecule has 1 heterocycles. The summed E-state index contributed by atoms with van der Waals surface area (Å²) >= 11 is 1.51. The Kier molecular flexibility index (Phi) is 3.87. The average Bonchev–Trinajstić information content (AvgIpc) is 2.71. The average molecular weight is 262 g/mol. The van der Waals surface area contributed by atoms with Gasteiger partial charge < -0.3 is 11.1 Å². The predicted molar refractivity (Wildman–Crippen MR) is 78.0 cm³/mol. The fraction of sp³-hybridized carbons (Fsp3) is 0.357. The Bertz CT molecular complexity index is 560. The van der Waals surface area contributed by atoms with Gasteiger partial charge in [0.25, 0.3) is 5.91 Å². The van der Waals surface area contributed by atoms with Gasteiger partial charge >= 0.3 is 0 Å². The molecule has 0 fully saturated rings. The SMILES string of the molecule is CC(C)CCNC(=O)c1cc2cc(N)ccc2s1. The third-order valence-corrected chi connectivity index (χ3v) is 3.89. The fourth-order valence-corrected chi connectivity index (χ4v) is 2.69. The molecule has 0 bridgehead atoms. The van der Waals surface area contributed by atoms with Crippen molar-refractivity contribution in [3.63, 3.8) is 0 Å². The summed E-state index contributed by atoms with van der Waals surface area (Å²) in [5.41, 5.74) is 6.46. The number of nitrogens with two attached hydrogens (primary N) is 1. The van der Waals surface area contributed by atoms with Gasteiger partial charge in [-0.05, 0) is 42.0 Å². The number of amides is 1. The van der Waals surface area contributed by atoms with Crippen LogP contribution in [-0.2, 0) is 0 Å². The maximum Gasteiger partial charge on any atom is 0.261 e. The molecule has 0 aliphatic heterocycles. The van der Waals surface area contributed by atoms with Crippen molar-refractivity contribution in [3.8, 4) is 0 Å². The summed E-state index contributed by atoms with van der Waals surface area (Å²) in [6, 6.07) is 7.62. The van der Waals surface area contributed by atoms with Crippen LogP contribution in [0.5, 0.6) is 0 Å². The first-order chi connectivity index (χ1) is 8.56. The van der Waals surface area contributed by atoms with Crippen molar-refractivity contribution in [1.82, 2.24) is 5.32 Å². The second kappa shape index (κ2) is 5.40. The fourth-order valence-electron chi connectivity index (χ4n) is 1.74. The highest BCUT2D eigenvalue weighted by Gasteiger charge is 2.09. The number of fused-ring (bicyclic) bond motifs is 1. The lowest BCUT2D eigenvalue weighted by Gasteiger charge is -2.05. The van der Waals surface area contributed by atoms with Gasteiger partial charge in [-0.1, -0.05) is 13.8 Å². The second-order valence-electron chi connectivity index (χ2n) is 4.85. The normalized spacial score (nSPS) is 11.1. The Morgan fingerprint density at radius 2 is 2.17 bits per heavy atom. The topological polar surface area (TPSA) is 55.1 Å². The van der Waals surface area contributed by atoms with Crippen LogP contribution in [0.3, 0.4) is 0 Å². The van der Waals surface area contributed by atoms with E-state index in [0.717, 1.165) is 33.6 Å². The summed E-state index contributed by atoms with van der Waals surface area (Å²) in [5.74, 6) is 0.614. The first-order valence-electron chi connectivity index (χ1n) is 6.13. The van der Waals surface area contributed by atoms with Crippen LogP contribution in [-0.4, -0.2) is 12.5 Å². The van der Waals surface area contributed by atoms with Gasteiger partial charge in [0.2, 0.25) is 0 Å². The van der Waals surface area contributed by atoms with Gasteiger partial charge in [-0.2, -0.15) is 0 Å². The van der Waals surface area contributed by atoms with E-state index < -0.39 is 0 Å². The van der Waals surface area contributed by atoms with Crippen molar-refractivity contribution in [2.24, 2.45) is 5.92 Å². The van der Waals surface area contributed by atoms with Crippen LogP contribution in [0, 0.1) is 5.92 Å². The van der Waals surface area contributed by atoms with E-state index in [4.69, 9.17) is 5.73 Å². The second-order valence-corrected chi connectivity index (χ2v) is 5.93. The number of nitrogen functional groups attached to an aromatic ring is 1. The van der Waals surface area contributed by atoms with Crippen LogP contribution in [0.4, 0.5) is 5.69 Å². The molecule has 1 amide bonds. The molecule has 3 N–H and O–H groups in total. The molecular weight excluding hydrogens is 244 g/mol. The number of rotatable bonds is 4. The molecule has 0 spiro atoms. The zero-order valence-electron chi connectivity index (χ0n) is 10.7. The van der Waals surface area contributed by atoms with E-state index in [9.17, 15) is 4.79 Å². The number of nitrogens with one attached hydrogen (secondary N) is 1. The Labute approximate surface area is 111 Å². The highest BCUT2D eigenvalue weighted by atomic mass is 32.1. The molecule has 18 heavy (non-hydrogen) atoms. The number of hydrogen-bond donors (Lipinski definition) is 2. The van der Waals surface area contributed by atoms with Crippen molar-refractivity contribution in [1.29, 1.82) is 0 Å². The van der Waals surface area contributed by atoms with Crippen LogP contribution < -0.4 is 11.1 Å². The molecule has 0 radical (unpaired) electrons. The van der Waals surface area contributed by atoms with E-state index in [1.165, 1.54) is 11.3 Å². The maximum atomic E-state index is 11.9. The predicted octanol–water partition coefficient (Wildman–Crippen LogP) is 3.26. The van der Waals surface area contributed by atoms with Crippen molar-refractivity contribution < 1.29 is 4.79 Å². The lowest BCUT2D eigenvalue weighted by atomic mass is 10.1. The molecule has 1 aromatic carbocycles. The van der Waals surface area contributed by atoms with Crippen molar-refractivity contribution >= 4 is 33.0 Å². The maximum absolute atomic E-state index is 11.9. The monoisotopic (exact) mass is 262 g/mol. The van der Waals surface area contributed by atoms with Crippen LogP contribution >= 0.6 is 11.3 Å².